The van der Waals surface area contributed by atoms with Crippen molar-refractivity contribution in [2.24, 2.45) is 0 Å². The van der Waals surface area contributed by atoms with Crippen molar-refractivity contribution in [2.45, 2.75) is 39.3 Å². The summed E-state index contributed by atoms with van der Waals surface area (Å²) >= 11 is 0. The molecule has 5 heteroatoms. The summed E-state index contributed by atoms with van der Waals surface area (Å²) < 4.78 is 11.8. The second-order valence-corrected chi connectivity index (χ2v) is 7.99. The van der Waals surface area contributed by atoms with E-state index in [2.05, 4.69) is 31.1 Å². The van der Waals surface area contributed by atoms with Crippen molar-refractivity contribution < 1.29 is 14.3 Å². The number of rotatable bonds is 7. The molecule has 28 heavy (non-hydrogen) atoms. The lowest BCUT2D eigenvalue weighted by Crippen LogP contribution is -2.44. The van der Waals surface area contributed by atoms with Gasteiger partial charge in [0.15, 0.2) is 0 Å². The molecule has 1 atom stereocenters. The molecule has 2 aromatic carbocycles. The summed E-state index contributed by atoms with van der Waals surface area (Å²) in [6.07, 6.45) is 1.55. The average molecular weight is 380 g/mol. The number of aryl methyl sites for hydroxylation is 1. The average Bonchev–Trinajstić information content (AvgIpc) is 3.05. The van der Waals surface area contributed by atoms with Gasteiger partial charge in [-0.2, -0.15) is 0 Å². The molecular formula is C23H28N2O3. The molecule has 5 nitrogen and oxygen atoms in total. The van der Waals surface area contributed by atoms with Crippen LogP contribution >= 0.6 is 0 Å². The van der Waals surface area contributed by atoms with Gasteiger partial charge in [-0.1, -0.05) is 24.3 Å². The minimum Gasteiger partial charge on any atom is -0.489 e. The molecule has 0 radical (unpaired) electrons. The highest BCUT2D eigenvalue weighted by Gasteiger charge is 2.20. The van der Waals surface area contributed by atoms with Crippen LogP contribution in [0.3, 0.4) is 0 Å². The topological polar surface area (TPSA) is 63.4 Å². The number of esters is 1. The van der Waals surface area contributed by atoms with Crippen molar-refractivity contribution in [3.63, 3.8) is 0 Å². The summed E-state index contributed by atoms with van der Waals surface area (Å²) in [6, 6.07) is 14.9. The number of nitrogens with one attached hydrogen (secondary N) is 2. The smallest absolute Gasteiger partial charge is 0.338 e. The second kappa shape index (κ2) is 8.48. The highest BCUT2D eigenvalue weighted by molar-refractivity contribution is 5.90. The minimum atomic E-state index is -0.415. The fourth-order valence-corrected chi connectivity index (χ4v) is 2.97. The Balaban J connectivity index is 1.73. The first-order valence-corrected chi connectivity index (χ1v) is 9.54. The van der Waals surface area contributed by atoms with Crippen molar-refractivity contribution in [3.05, 3.63) is 65.9 Å². The quantitative estimate of drug-likeness (QED) is 0.594. The Morgan fingerprint density at radius 2 is 1.86 bits per heavy atom. The van der Waals surface area contributed by atoms with Crippen LogP contribution < -0.4 is 10.1 Å². The number of H-pyrrole nitrogens is 1. The maximum atomic E-state index is 12.5. The summed E-state index contributed by atoms with van der Waals surface area (Å²) in [5.41, 5.74) is 2.60. The number of aromatic nitrogens is 1. The number of hydrogen-bond acceptors (Lipinski definition) is 4. The van der Waals surface area contributed by atoms with Gasteiger partial charge < -0.3 is 19.8 Å². The van der Waals surface area contributed by atoms with Gasteiger partial charge in [0, 0.05) is 29.2 Å². The maximum absolute atomic E-state index is 12.5. The van der Waals surface area contributed by atoms with Crippen molar-refractivity contribution in [2.75, 3.05) is 13.2 Å². The molecule has 0 fully saturated rings. The number of ether oxygens (including phenoxy) is 2. The molecule has 0 aliphatic heterocycles. The van der Waals surface area contributed by atoms with Crippen LogP contribution in [0.4, 0.5) is 0 Å². The molecule has 1 heterocycles. The van der Waals surface area contributed by atoms with Crippen LogP contribution in [0.1, 0.15) is 36.7 Å². The van der Waals surface area contributed by atoms with Crippen LogP contribution in [-0.2, 0) is 4.74 Å². The first-order chi connectivity index (χ1) is 13.3. The van der Waals surface area contributed by atoms with E-state index in [0.717, 1.165) is 22.2 Å². The van der Waals surface area contributed by atoms with Gasteiger partial charge in [0.2, 0.25) is 0 Å². The monoisotopic (exact) mass is 380 g/mol. The Morgan fingerprint density at radius 3 is 2.57 bits per heavy atom. The Hall–Kier alpha value is -2.79. The van der Waals surface area contributed by atoms with Crippen LogP contribution in [0.25, 0.3) is 10.9 Å². The zero-order valence-electron chi connectivity index (χ0n) is 16.9. The van der Waals surface area contributed by atoms with Crippen LogP contribution in [0.2, 0.25) is 0 Å². The zero-order valence-corrected chi connectivity index (χ0v) is 16.9. The van der Waals surface area contributed by atoms with Gasteiger partial charge in [-0.25, -0.2) is 4.79 Å². The molecule has 0 aliphatic rings. The first-order valence-electron chi connectivity index (χ1n) is 9.54. The largest absolute Gasteiger partial charge is 0.489 e. The van der Waals surface area contributed by atoms with E-state index in [1.54, 1.807) is 12.1 Å². The van der Waals surface area contributed by atoms with E-state index >= 15 is 0 Å². The number of hydrogen-bond donors (Lipinski definition) is 2. The molecule has 0 saturated carbocycles. The van der Waals surface area contributed by atoms with Crippen molar-refractivity contribution in [1.29, 1.82) is 0 Å². The normalized spacial score (nSPS) is 12.7. The molecule has 2 N–H and O–H groups in total. The Labute approximate surface area is 166 Å². The summed E-state index contributed by atoms with van der Waals surface area (Å²) in [5, 5.41) is 4.45. The third-order valence-corrected chi connectivity index (χ3v) is 4.43. The predicted octanol–water partition coefficient (Wildman–Crippen LogP) is 4.47. The summed E-state index contributed by atoms with van der Waals surface area (Å²) in [6.45, 7) is 9.05. The zero-order chi connectivity index (χ0) is 20.1. The molecular weight excluding hydrogens is 352 g/mol. The standard InChI is InChI=1S/C23H28N2O3/c1-16-13-24-19-11-8-12-20(21(16)19)27-15-18(14-25-23(2,3)4)28-22(26)17-9-6-5-7-10-17/h5-13,18,24-25H,14-15H2,1-4H3/t18-/m0/s1. The van der Waals surface area contributed by atoms with E-state index in [9.17, 15) is 4.79 Å². The van der Waals surface area contributed by atoms with E-state index in [-0.39, 0.29) is 18.1 Å². The van der Waals surface area contributed by atoms with Crippen molar-refractivity contribution in [3.8, 4) is 5.75 Å². The number of aromatic amines is 1. The van der Waals surface area contributed by atoms with Crippen molar-refractivity contribution >= 4 is 16.9 Å². The van der Waals surface area contributed by atoms with E-state index in [1.807, 2.05) is 49.5 Å². The summed E-state index contributed by atoms with van der Waals surface area (Å²) in [4.78, 5) is 15.7. The number of carbonyl (C=O) groups excluding carboxylic acids is 1. The lowest BCUT2D eigenvalue weighted by atomic mass is 10.1. The SMILES string of the molecule is Cc1c[nH]c2cccc(OC[C@H](CNC(C)(C)C)OC(=O)c3ccccc3)c12. The van der Waals surface area contributed by atoms with Gasteiger partial charge in [0.05, 0.1) is 5.56 Å². The van der Waals surface area contributed by atoms with Gasteiger partial charge in [-0.05, 0) is 57.5 Å². The number of carbonyl (C=O) groups is 1. The highest BCUT2D eigenvalue weighted by atomic mass is 16.6. The Bertz CT molecular complexity index is 926. The molecule has 0 spiro atoms. The molecule has 3 aromatic rings. The van der Waals surface area contributed by atoms with Gasteiger partial charge in [0.25, 0.3) is 0 Å². The second-order valence-electron chi connectivity index (χ2n) is 7.99. The van der Waals surface area contributed by atoms with Crippen molar-refractivity contribution in [1.82, 2.24) is 10.3 Å². The first kappa shape index (κ1) is 20.0. The lowest BCUT2D eigenvalue weighted by molar-refractivity contribution is 0.0163. The lowest BCUT2D eigenvalue weighted by Gasteiger charge is -2.25. The van der Waals surface area contributed by atoms with E-state index < -0.39 is 6.10 Å². The molecule has 0 bridgehead atoms. The highest BCUT2D eigenvalue weighted by Crippen LogP contribution is 2.28. The van der Waals surface area contributed by atoms with Gasteiger partial charge >= 0.3 is 5.97 Å². The molecule has 0 saturated heterocycles. The van der Waals surface area contributed by atoms with Crippen LogP contribution in [-0.4, -0.2) is 35.7 Å². The van der Waals surface area contributed by atoms with Crippen LogP contribution in [0.15, 0.2) is 54.7 Å². The van der Waals surface area contributed by atoms with Gasteiger partial charge in [-0.3, -0.25) is 0 Å². The third kappa shape index (κ3) is 5.14. The molecule has 0 unspecified atom stereocenters. The molecule has 148 valence electrons. The van der Waals surface area contributed by atoms with E-state index in [4.69, 9.17) is 9.47 Å². The maximum Gasteiger partial charge on any atom is 0.338 e. The minimum absolute atomic E-state index is 0.0886. The van der Waals surface area contributed by atoms with Crippen LogP contribution in [0, 0.1) is 6.92 Å². The Morgan fingerprint density at radius 1 is 1.11 bits per heavy atom. The van der Waals surface area contributed by atoms with Gasteiger partial charge in [0.1, 0.15) is 18.5 Å². The molecule has 0 aliphatic carbocycles. The molecule has 1 aromatic heterocycles. The predicted molar refractivity (Wildman–Crippen MR) is 112 cm³/mol. The fraction of sp³-hybridized carbons (Fsp3) is 0.348. The Kier molecular flexibility index (Phi) is 6.05. The summed E-state index contributed by atoms with van der Waals surface area (Å²) in [7, 11) is 0. The number of fused-ring (bicyclic) bond motifs is 1. The van der Waals surface area contributed by atoms with Gasteiger partial charge in [-0.15, -0.1) is 0 Å². The third-order valence-electron chi connectivity index (χ3n) is 4.43. The number of benzene rings is 2. The van der Waals surface area contributed by atoms with E-state index in [1.165, 1.54) is 0 Å². The fourth-order valence-electron chi connectivity index (χ4n) is 2.97. The summed E-state index contributed by atoms with van der Waals surface area (Å²) in [5.74, 6) is 0.439. The molecule has 3 rings (SSSR count). The molecule has 0 amide bonds. The van der Waals surface area contributed by atoms with Crippen LogP contribution in [0.5, 0.6) is 5.75 Å². The van der Waals surface area contributed by atoms with E-state index in [0.29, 0.717) is 12.1 Å².